The standard InChI is InChI=1S/C16H23N3O2/c1-3-18-7-4-8-19(10-9-18)16(21)13-6-5-12(2)14(11-13)15(17)20/h5-6,11H,3-4,7-10H2,1-2H3,(H2,17,20). The maximum absolute atomic E-state index is 12.6. The van der Waals surface area contributed by atoms with Gasteiger partial charge in [0.05, 0.1) is 0 Å². The van der Waals surface area contributed by atoms with Gasteiger partial charge in [-0.1, -0.05) is 13.0 Å². The SMILES string of the molecule is CCN1CCCN(C(=O)c2ccc(C)c(C(N)=O)c2)CC1. The Hall–Kier alpha value is -1.88. The van der Waals surface area contributed by atoms with Crippen molar-refractivity contribution in [3.05, 3.63) is 34.9 Å². The predicted octanol–water partition coefficient (Wildman–Crippen LogP) is 1.26. The predicted molar refractivity (Wildman–Crippen MR) is 82.3 cm³/mol. The van der Waals surface area contributed by atoms with E-state index < -0.39 is 5.91 Å². The van der Waals surface area contributed by atoms with E-state index in [1.54, 1.807) is 18.2 Å². The molecule has 2 N–H and O–H groups in total. The van der Waals surface area contributed by atoms with E-state index in [9.17, 15) is 9.59 Å². The molecule has 2 rings (SSSR count). The van der Waals surface area contributed by atoms with Crippen LogP contribution in [0, 0.1) is 6.92 Å². The van der Waals surface area contributed by atoms with Gasteiger partial charge in [-0.2, -0.15) is 0 Å². The van der Waals surface area contributed by atoms with E-state index in [2.05, 4.69) is 11.8 Å². The fourth-order valence-electron chi connectivity index (χ4n) is 2.69. The molecule has 2 amide bonds. The number of primary amides is 1. The lowest BCUT2D eigenvalue weighted by atomic mass is 10.0. The van der Waals surface area contributed by atoms with Gasteiger partial charge in [0.1, 0.15) is 0 Å². The molecule has 0 radical (unpaired) electrons. The molecule has 0 aliphatic carbocycles. The first-order valence-corrected chi connectivity index (χ1v) is 7.45. The van der Waals surface area contributed by atoms with Crippen LogP contribution in [0.2, 0.25) is 0 Å². The highest BCUT2D eigenvalue weighted by atomic mass is 16.2. The Labute approximate surface area is 125 Å². The maximum Gasteiger partial charge on any atom is 0.253 e. The van der Waals surface area contributed by atoms with Crippen molar-refractivity contribution < 1.29 is 9.59 Å². The Morgan fingerprint density at radius 1 is 1.19 bits per heavy atom. The fourth-order valence-corrected chi connectivity index (χ4v) is 2.69. The number of carbonyl (C=O) groups excluding carboxylic acids is 2. The van der Waals surface area contributed by atoms with E-state index in [1.165, 1.54) is 0 Å². The molecule has 0 unspecified atom stereocenters. The third kappa shape index (κ3) is 3.61. The molecule has 1 aromatic carbocycles. The van der Waals surface area contributed by atoms with Crippen LogP contribution in [0.4, 0.5) is 0 Å². The van der Waals surface area contributed by atoms with Gasteiger partial charge in [0.2, 0.25) is 5.91 Å². The number of benzene rings is 1. The van der Waals surface area contributed by atoms with Crippen molar-refractivity contribution in [2.24, 2.45) is 5.73 Å². The highest BCUT2D eigenvalue weighted by Gasteiger charge is 2.20. The molecule has 1 aromatic rings. The zero-order valence-corrected chi connectivity index (χ0v) is 12.8. The first-order valence-electron chi connectivity index (χ1n) is 7.45. The Bertz CT molecular complexity index is 542. The summed E-state index contributed by atoms with van der Waals surface area (Å²) in [5, 5.41) is 0. The van der Waals surface area contributed by atoms with Gasteiger partial charge in [0.25, 0.3) is 5.91 Å². The summed E-state index contributed by atoms with van der Waals surface area (Å²) < 4.78 is 0. The average Bonchev–Trinajstić information content (AvgIpc) is 2.72. The van der Waals surface area contributed by atoms with Gasteiger partial charge in [0.15, 0.2) is 0 Å². The van der Waals surface area contributed by atoms with Crippen LogP contribution in [0.15, 0.2) is 18.2 Å². The third-order valence-corrected chi connectivity index (χ3v) is 4.07. The van der Waals surface area contributed by atoms with Crippen LogP contribution in [0.25, 0.3) is 0 Å². The van der Waals surface area contributed by atoms with E-state index in [0.717, 1.165) is 44.7 Å². The zero-order valence-electron chi connectivity index (χ0n) is 12.8. The van der Waals surface area contributed by atoms with Crippen molar-refractivity contribution in [2.45, 2.75) is 20.3 Å². The van der Waals surface area contributed by atoms with E-state index in [4.69, 9.17) is 5.73 Å². The van der Waals surface area contributed by atoms with Gasteiger partial charge in [-0.3, -0.25) is 9.59 Å². The summed E-state index contributed by atoms with van der Waals surface area (Å²) in [6.45, 7) is 8.38. The van der Waals surface area contributed by atoms with Gasteiger partial charge in [0, 0.05) is 30.8 Å². The van der Waals surface area contributed by atoms with E-state index in [-0.39, 0.29) is 5.91 Å². The Morgan fingerprint density at radius 3 is 2.62 bits per heavy atom. The molecule has 0 spiro atoms. The largest absolute Gasteiger partial charge is 0.366 e. The number of nitrogens with zero attached hydrogens (tertiary/aromatic N) is 2. The normalized spacial score (nSPS) is 16.6. The van der Waals surface area contributed by atoms with Crippen molar-refractivity contribution in [3.63, 3.8) is 0 Å². The van der Waals surface area contributed by atoms with Crippen LogP contribution < -0.4 is 5.73 Å². The molecule has 0 aromatic heterocycles. The van der Waals surface area contributed by atoms with Gasteiger partial charge in [-0.15, -0.1) is 0 Å². The first kappa shape index (κ1) is 15.5. The summed E-state index contributed by atoms with van der Waals surface area (Å²) in [5.41, 5.74) is 7.11. The Kier molecular flexibility index (Phi) is 4.96. The molecule has 21 heavy (non-hydrogen) atoms. The number of carbonyl (C=O) groups is 2. The van der Waals surface area contributed by atoms with Gasteiger partial charge < -0.3 is 15.5 Å². The molecule has 1 saturated heterocycles. The molecule has 1 aliphatic heterocycles. The summed E-state index contributed by atoms with van der Waals surface area (Å²) >= 11 is 0. The van der Waals surface area contributed by atoms with E-state index in [0.29, 0.717) is 11.1 Å². The molecule has 114 valence electrons. The summed E-state index contributed by atoms with van der Waals surface area (Å²) in [5.74, 6) is -0.509. The smallest absolute Gasteiger partial charge is 0.253 e. The van der Waals surface area contributed by atoms with E-state index >= 15 is 0 Å². The van der Waals surface area contributed by atoms with Crippen LogP contribution in [0.1, 0.15) is 39.6 Å². The van der Waals surface area contributed by atoms with Crippen LogP contribution in [-0.4, -0.2) is 54.3 Å². The lowest BCUT2D eigenvalue weighted by Gasteiger charge is -2.21. The molecule has 1 aliphatic rings. The van der Waals surface area contributed by atoms with Gasteiger partial charge >= 0.3 is 0 Å². The highest BCUT2D eigenvalue weighted by molar-refractivity contribution is 6.00. The molecule has 1 heterocycles. The molecule has 1 fully saturated rings. The number of rotatable bonds is 3. The minimum absolute atomic E-state index is 0.0181. The summed E-state index contributed by atoms with van der Waals surface area (Å²) in [6, 6.07) is 5.17. The summed E-state index contributed by atoms with van der Waals surface area (Å²) in [6.07, 6.45) is 0.980. The molecule has 0 saturated carbocycles. The van der Waals surface area contributed by atoms with Gasteiger partial charge in [-0.25, -0.2) is 0 Å². The topological polar surface area (TPSA) is 66.6 Å². The van der Waals surface area contributed by atoms with Crippen molar-refractivity contribution in [3.8, 4) is 0 Å². The van der Waals surface area contributed by atoms with Crippen molar-refractivity contribution in [1.29, 1.82) is 0 Å². The van der Waals surface area contributed by atoms with Crippen molar-refractivity contribution in [2.75, 3.05) is 32.7 Å². The minimum atomic E-state index is -0.491. The molecule has 0 atom stereocenters. The second kappa shape index (κ2) is 6.72. The number of amides is 2. The van der Waals surface area contributed by atoms with E-state index in [1.807, 2.05) is 11.8 Å². The van der Waals surface area contributed by atoms with Crippen LogP contribution in [0.3, 0.4) is 0 Å². The quantitative estimate of drug-likeness (QED) is 0.911. The van der Waals surface area contributed by atoms with Crippen LogP contribution in [0.5, 0.6) is 0 Å². The zero-order chi connectivity index (χ0) is 15.4. The summed E-state index contributed by atoms with van der Waals surface area (Å²) in [4.78, 5) is 28.2. The third-order valence-electron chi connectivity index (χ3n) is 4.07. The summed E-state index contributed by atoms with van der Waals surface area (Å²) in [7, 11) is 0. The fraction of sp³-hybridized carbons (Fsp3) is 0.500. The molecular formula is C16H23N3O2. The monoisotopic (exact) mass is 289 g/mol. The number of hydrogen-bond donors (Lipinski definition) is 1. The number of hydrogen-bond acceptors (Lipinski definition) is 3. The van der Waals surface area contributed by atoms with Gasteiger partial charge in [-0.05, 0) is 44.1 Å². The number of likely N-dealkylation sites (N-methyl/N-ethyl adjacent to an activating group) is 1. The first-order chi connectivity index (χ1) is 10.0. The second-order valence-electron chi connectivity index (χ2n) is 5.47. The molecule has 5 nitrogen and oxygen atoms in total. The Balaban J connectivity index is 2.16. The lowest BCUT2D eigenvalue weighted by Crippen LogP contribution is -2.35. The minimum Gasteiger partial charge on any atom is -0.366 e. The van der Waals surface area contributed by atoms with Crippen molar-refractivity contribution in [1.82, 2.24) is 9.80 Å². The molecule has 5 heteroatoms. The van der Waals surface area contributed by atoms with Crippen molar-refractivity contribution >= 4 is 11.8 Å². The average molecular weight is 289 g/mol. The van der Waals surface area contributed by atoms with Crippen LogP contribution in [-0.2, 0) is 0 Å². The van der Waals surface area contributed by atoms with Crippen LogP contribution >= 0.6 is 0 Å². The second-order valence-corrected chi connectivity index (χ2v) is 5.47. The Morgan fingerprint density at radius 2 is 1.95 bits per heavy atom. The molecular weight excluding hydrogens is 266 g/mol. The molecule has 0 bridgehead atoms. The highest BCUT2D eigenvalue weighted by Crippen LogP contribution is 2.14. The number of aryl methyl sites for hydroxylation is 1. The number of nitrogens with two attached hydrogens (primary N) is 1. The maximum atomic E-state index is 12.6. The lowest BCUT2D eigenvalue weighted by molar-refractivity contribution is 0.0761.